The predicted molar refractivity (Wildman–Crippen MR) is 178 cm³/mol. The average Bonchev–Trinajstić information content (AvgIpc) is 3.72. The first-order chi connectivity index (χ1) is 22.0. The third kappa shape index (κ3) is 5.22. The molecule has 1 unspecified atom stereocenters. The number of piperazine rings is 1. The highest BCUT2D eigenvalue weighted by atomic mass is 79.9. The summed E-state index contributed by atoms with van der Waals surface area (Å²) in [6, 6.07) is 21.3. The summed E-state index contributed by atoms with van der Waals surface area (Å²) in [7, 11) is -4.16. The third-order valence-electron chi connectivity index (χ3n) is 8.40. The van der Waals surface area contributed by atoms with Gasteiger partial charge in [0.15, 0.2) is 10.8 Å². The Labute approximate surface area is 283 Å². The summed E-state index contributed by atoms with van der Waals surface area (Å²) in [5, 5.41) is 1.33. The normalized spacial score (nSPS) is 18.8. The van der Waals surface area contributed by atoms with Crippen molar-refractivity contribution in [2.45, 2.75) is 23.9 Å². The summed E-state index contributed by atoms with van der Waals surface area (Å²) in [6.45, 7) is 2.15. The molecular weight excluding hydrogens is 717 g/mol. The van der Waals surface area contributed by atoms with Crippen LogP contribution in [-0.4, -0.2) is 65.2 Å². The molecule has 2 aromatic heterocycles. The van der Waals surface area contributed by atoms with Crippen LogP contribution >= 0.6 is 39.1 Å². The van der Waals surface area contributed by atoms with Crippen LogP contribution in [0.15, 0.2) is 92.9 Å². The van der Waals surface area contributed by atoms with E-state index in [0.29, 0.717) is 21.3 Å². The van der Waals surface area contributed by atoms with Crippen LogP contribution in [0.5, 0.6) is 0 Å². The van der Waals surface area contributed by atoms with Crippen LogP contribution in [0, 0.1) is 0 Å². The van der Waals surface area contributed by atoms with Gasteiger partial charge in [0.05, 0.1) is 11.9 Å². The van der Waals surface area contributed by atoms with Crippen LogP contribution < -0.4 is 4.90 Å². The van der Waals surface area contributed by atoms with E-state index in [-0.39, 0.29) is 61.1 Å². The minimum absolute atomic E-state index is 0.0554. The predicted octanol–water partition coefficient (Wildman–Crippen LogP) is 6.48. The number of carbonyl (C=O) groups excluding carboxylic acids is 2. The van der Waals surface area contributed by atoms with Gasteiger partial charge in [-0.25, -0.2) is 18.3 Å². The number of furan rings is 1. The summed E-state index contributed by atoms with van der Waals surface area (Å²) < 4.78 is 38.0. The van der Waals surface area contributed by atoms with Crippen molar-refractivity contribution in [2.75, 3.05) is 31.1 Å². The molecule has 7 rings (SSSR count). The molecule has 1 atom stereocenters. The molecule has 0 radical (unpaired) electrons. The first kappa shape index (κ1) is 30.9. The highest BCUT2D eigenvalue weighted by Crippen LogP contribution is 2.45. The van der Waals surface area contributed by atoms with E-state index in [9.17, 15) is 18.0 Å². The SMILES string of the molecule is CC1(Cc2ccc(Br)cc2)C(=O)N(c2cc(Cl)cc(Cl)c2)c2ncc(S(=O)(=O)N3CCN(C(=O)c4cc5ccccc5o4)CC3)n21. The van der Waals surface area contributed by atoms with Crippen molar-refractivity contribution >= 4 is 83.6 Å². The van der Waals surface area contributed by atoms with Gasteiger partial charge in [0.2, 0.25) is 5.95 Å². The fraction of sp³-hybridized carbons (Fsp3) is 0.219. The van der Waals surface area contributed by atoms with Crippen LogP contribution in [0.25, 0.3) is 11.0 Å². The van der Waals surface area contributed by atoms with E-state index in [2.05, 4.69) is 20.9 Å². The molecule has 10 nitrogen and oxygen atoms in total. The number of hydrogen-bond acceptors (Lipinski definition) is 6. The molecule has 3 aromatic carbocycles. The highest BCUT2D eigenvalue weighted by molar-refractivity contribution is 9.10. The van der Waals surface area contributed by atoms with Crippen LogP contribution in [0.3, 0.4) is 0 Å². The maximum Gasteiger partial charge on any atom is 0.289 e. The van der Waals surface area contributed by atoms with Gasteiger partial charge in [0, 0.05) is 52.5 Å². The summed E-state index contributed by atoms with van der Waals surface area (Å²) in [6.07, 6.45) is 1.47. The second-order valence-corrected chi connectivity index (χ2v) is 15.1. The average molecular weight is 743 g/mol. The maximum absolute atomic E-state index is 14.3. The van der Waals surface area contributed by atoms with Gasteiger partial charge in [-0.15, -0.1) is 0 Å². The second-order valence-electron chi connectivity index (χ2n) is 11.4. The zero-order chi connectivity index (χ0) is 32.4. The highest BCUT2D eigenvalue weighted by Gasteiger charge is 2.52. The number of rotatable bonds is 6. The zero-order valence-corrected chi connectivity index (χ0v) is 28.3. The lowest BCUT2D eigenvalue weighted by molar-refractivity contribution is -0.124. The molecule has 0 bridgehead atoms. The van der Waals surface area contributed by atoms with E-state index in [1.165, 1.54) is 20.0 Å². The first-order valence-corrected chi connectivity index (χ1v) is 17.4. The van der Waals surface area contributed by atoms with Gasteiger partial charge in [-0.05, 0) is 55.0 Å². The molecule has 0 saturated carbocycles. The lowest BCUT2D eigenvalue weighted by Gasteiger charge is -2.34. The standard InChI is InChI=1S/C32H26BrCl2N5O5S/c1-32(18-20-6-8-22(33)9-7-20)30(42)39(25-16-23(34)15-24(35)17-25)31-36-19-28(40(31)32)46(43,44)38-12-10-37(11-13-38)29(41)27-14-21-4-2-3-5-26(21)45-27/h2-9,14-17,19H,10-13,18H2,1H3. The number of aromatic nitrogens is 2. The van der Waals surface area contributed by atoms with Crippen LogP contribution in [0.1, 0.15) is 23.0 Å². The lowest BCUT2D eigenvalue weighted by Crippen LogP contribution is -2.51. The largest absolute Gasteiger partial charge is 0.451 e. The monoisotopic (exact) mass is 741 g/mol. The lowest BCUT2D eigenvalue weighted by atomic mass is 9.92. The molecule has 0 aliphatic carbocycles. The van der Waals surface area contributed by atoms with E-state index in [4.69, 9.17) is 27.6 Å². The van der Waals surface area contributed by atoms with Gasteiger partial charge in [0.1, 0.15) is 11.1 Å². The molecule has 2 aliphatic rings. The molecule has 236 valence electrons. The van der Waals surface area contributed by atoms with Crippen molar-refractivity contribution in [3.63, 3.8) is 0 Å². The number of sulfonamides is 1. The third-order valence-corrected chi connectivity index (χ3v) is 11.2. The van der Waals surface area contributed by atoms with Crippen molar-refractivity contribution in [1.29, 1.82) is 0 Å². The summed E-state index contributed by atoms with van der Waals surface area (Å²) >= 11 is 16.0. The molecule has 2 amide bonds. The molecule has 0 N–H and O–H groups in total. The van der Waals surface area contributed by atoms with Crippen molar-refractivity contribution in [3.8, 4) is 0 Å². The van der Waals surface area contributed by atoms with E-state index in [0.717, 1.165) is 15.4 Å². The van der Waals surface area contributed by atoms with E-state index < -0.39 is 15.6 Å². The number of hydrogen-bond donors (Lipinski definition) is 0. The molecule has 1 fully saturated rings. The van der Waals surface area contributed by atoms with Crippen LogP contribution in [-0.2, 0) is 26.8 Å². The Morgan fingerprint density at radius 2 is 1.65 bits per heavy atom. The number of fused-ring (bicyclic) bond motifs is 2. The van der Waals surface area contributed by atoms with E-state index in [1.54, 1.807) is 42.2 Å². The number of imidazole rings is 1. The van der Waals surface area contributed by atoms with Crippen molar-refractivity contribution in [2.24, 2.45) is 0 Å². The topological polar surface area (TPSA) is 109 Å². The number of halogens is 3. The quantitative estimate of drug-likeness (QED) is 0.197. The summed E-state index contributed by atoms with van der Waals surface area (Å²) in [5.74, 6) is -0.341. The van der Waals surface area contributed by atoms with Crippen molar-refractivity contribution < 1.29 is 22.4 Å². The van der Waals surface area contributed by atoms with Crippen molar-refractivity contribution in [1.82, 2.24) is 18.8 Å². The maximum atomic E-state index is 14.3. The zero-order valence-electron chi connectivity index (χ0n) is 24.4. The fourth-order valence-corrected chi connectivity index (χ4v) is 8.51. The Balaban J connectivity index is 1.21. The van der Waals surface area contributed by atoms with Gasteiger partial charge in [-0.2, -0.15) is 4.31 Å². The van der Waals surface area contributed by atoms with Gasteiger partial charge in [-0.1, -0.05) is 69.5 Å². The minimum atomic E-state index is -4.16. The van der Waals surface area contributed by atoms with Gasteiger partial charge < -0.3 is 9.32 Å². The number of benzene rings is 3. The van der Waals surface area contributed by atoms with Gasteiger partial charge >= 0.3 is 0 Å². The molecule has 2 aliphatic heterocycles. The Morgan fingerprint density at radius 3 is 2.33 bits per heavy atom. The second kappa shape index (κ2) is 11.5. The molecular formula is C32H26BrCl2N5O5S. The van der Waals surface area contributed by atoms with E-state index >= 15 is 0 Å². The first-order valence-electron chi connectivity index (χ1n) is 14.4. The Kier molecular flexibility index (Phi) is 7.76. The minimum Gasteiger partial charge on any atom is -0.451 e. The fourth-order valence-electron chi connectivity index (χ4n) is 6.12. The Bertz CT molecular complexity index is 2070. The smallest absolute Gasteiger partial charge is 0.289 e. The van der Waals surface area contributed by atoms with Crippen LogP contribution in [0.2, 0.25) is 10.0 Å². The van der Waals surface area contributed by atoms with Crippen molar-refractivity contribution in [3.05, 3.63) is 105 Å². The Hall–Kier alpha value is -3.68. The van der Waals surface area contributed by atoms with E-state index in [1.807, 2.05) is 42.5 Å². The van der Waals surface area contributed by atoms with Gasteiger partial charge in [-0.3, -0.25) is 14.2 Å². The molecule has 14 heteroatoms. The molecule has 0 spiro atoms. The summed E-state index contributed by atoms with van der Waals surface area (Å²) in [4.78, 5) is 35.0. The molecule has 4 heterocycles. The molecule has 5 aromatic rings. The summed E-state index contributed by atoms with van der Waals surface area (Å²) in [5.41, 5.74) is 0.438. The van der Waals surface area contributed by atoms with Crippen LogP contribution in [0.4, 0.5) is 11.6 Å². The number of carbonyl (C=O) groups is 2. The number of para-hydroxylation sites is 1. The number of amides is 2. The molecule has 46 heavy (non-hydrogen) atoms. The number of anilines is 2. The van der Waals surface area contributed by atoms with Gasteiger partial charge in [0.25, 0.3) is 21.8 Å². The number of nitrogens with zero attached hydrogens (tertiary/aromatic N) is 5. The Morgan fingerprint density at radius 1 is 0.978 bits per heavy atom. The molecule has 1 saturated heterocycles.